The number of aromatic nitrogens is 1. The summed E-state index contributed by atoms with van der Waals surface area (Å²) in [6, 6.07) is 11.8. The van der Waals surface area contributed by atoms with E-state index in [1.165, 1.54) is 0 Å². The molecule has 1 saturated heterocycles. The number of rotatable bonds is 4. The predicted octanol–water partition coefficient (Wildman–Crippen LogP) is 2.24. The van der Waals surface area contributed by atoms with Crippen molar-refractivity contribution in [3.63, 3.8) is 0 Å². The van der Waals surface area contributed by atoms with Crippen LogP contribution in [0, 0.1) is 0 Å². The number of para-hydroxylation sites is 1. The maximum atomic E-state index is 11.4. The summed E-state index contributed by atoms with van der Waals surface area (Å²) in [7, 11) is 0. The Balaban J connectivity index is 1.60. The summed E-state index contributed by atoms with van der Waals surface area (Å²) in [6.45, 7) is 2.00. The Labute approximate surface area is 112 Å². The summed E-state index contributed by atoms with van der Waals surface area (Å²) in [5.74, 6) is 0.848. The van der Waals surface area contributed by atoms with Crippen LogP contribution in [0.25, 0.3) is 10.9 Å². The van der Waals surface area contributed by atoms with Crippen molar-refractivity contribution < 1.29 is 9.53 Å². The molecule has 2 heterocycles. The molecule has 0 aliphatic carbocycles. The third kappa shape index (κ3) is 2.67. The minimum Gasteiger partial charge on any atom is -0.476 e. The van der Waals surface area contributed by atoms with Gasteiger partial charge in [0.15, 0.2) is 0 Å². The van der Waals surface area contributed by atoms with E-state index in [0.29, 0.717) is 25.5 Å². The van der Waals surface area contributed by atoms with Gasteiger partial charge in [-0.3, -0.25) is 4.79 Å². The van der Waals surface area contributed by atoms with Crippen molar-refractivity contribution >= 4 is 16.8 Å². The van der Waals surface area contributed by atoms with Crippen molar-refractivity contribution in [2.45, 2.75) is 12.8 Å². The molecule has 0 radical (unpaired) electrons. The molecule has 19 heavy (non-hydrogen) atoms. The second-order valence-corrected chi connectivity index (χ2v) is 4.67. The van der Waals surface area contributed by atoms with Crippen molar-refractivity contribution in [2.24, 2.45) is 0 Å². The van der Waals surface area contributed by atoms with E-state index in [9.17, 15) is 4.79 Å². The average molecular weight is 256 g/mol. The fourth-order valence-electron chi connectivity index (χ4n) is 2.33. The highest BCUT2D eigenvalue weighted by atomic mass is 16.5. The number of hydrogen-bond donors (Lipinski definition) is 0. The van der Waals surface area contributed by atoms with Crippen LogP contribution in [0.15, 0.2) is 36.4 Å². The molecule has 4 heteroatoms. The molecule has 1 amide bonds. The lowest BCUT2D eigenvalue weighted by Gasteiger charge is -2.15. The number of nitrogens with zero attached hydrogens (tertiary/aromatic N) is 2. The molecule has 4 nitrogen and oxygen atoms in total. The molecule has 3 rings (SSSR count). The molecule has 2 aromatic rings. The molecule has 0 unspecified atom stereocenters. The summed E-state index contributed by atoms with van der Waals surface area (Å²) in [6.07, 6.45) is 1.64. The molecule has 0 bridgehead atoms. The molecule has 1 aromatic heterocycles. The normalized spacial score (nSPS) is 15.2. The van der Waals surface area contributed by atoms with Crippen molar-refractivity contribution in [3.05, 3.63) is 36.4 Å². The molecule has 0 N–H and O–H groups in total. The maximum absolute atomic E-state index is 11.4. The van der Waals surface area contributed by atoms with E-state index in [1.807, 2.05) is 41.3 Å². The molecule has 1 aliphatic rings. The molecule has 1 fully saturated rings. The van der Waals surface area contributed by atoms with Crippen LogP contribution in [0.3, 0.4) is 0 Å². The van der Waals surface area contributed by atoms with Crippen LogP contribution in [-0.2, 0) is 4.79 Å². The Morgan fingerprint density at radius 2 is 2.11 bits per heavy atom. The van der Waals surface area contributed by atoms with Crippen molar-refractivity contribution in [3.8, 4) is 5.88 Å². The number of pyridine rings is 1. The lowest BCUT2D eigenvalue weighted by Crippen LogP contribution is -2.29. The molecule has 0 atom stereocenters. The first-order chi connectivity index (χ1) is 9.33. The van der Waals surface area contributed by atoms with E-state index in [0.717, 1.165) is 23.9 Å². The van der Waals surface area contributed by atoms with Crippen molar-refractivity contribution in [2.75, 3.05) is 19.7 Å². The lowest BCUT2D eigenvalue weighted by molar-refractivity contribution is -0.128. The Kier molecular flexibility index (Phi) is 3.31. The number of amides is 1. The zero-order chi connectivity index (χ0) is 13.1. The number of carbonyl (C=O) groups is 1. The van der Waals surface area contributed by atoms with Gasteiger partial charge in [0.2, 0.25) is 11.8 Å². The zero-order valence-electron chi connectivity index (χ0n) is 10.7. The van der Waals surface area contributed by atoms with E-state index in [4.69, 9.17) is 4.74 Å². The van der Waals surface area contributed by atoms with Gasteiger partial charge in [-0.25, -0.2) is 4.98 Å². The van der Waals surface area contributed by atoms with Gasteiger partial charge >= 0.3 is 0 Å². The van der Waals surface area contributed by atoms with Crippen LogP contribution in [-0.4, -0.2) is 35.5 Å². The summed E-state index contributed by atoms with van der Waals surface area (Å²) in [5, 5.41) is 1.10. The van der Waals surface area contributed by atoms with Crippen LogP contribution in [0.1, 0.15) is 12.8 Å². The van der Waals surface area contributed by atoms with Crippen LogP contribution in [0.5, 0.6) is 5.88 Å². The minimum absolute atomic E-state index is 0.232. The standard InChI is InChI=1S/C15H16N2O2/c18-15-6-3-9-17(15)10-11-19-14-8-7-12-4-1-2-5-13(12)16-14/h1-2,4-5,7-8H,3,6,9-11H2. The number of fused-ring (bicyclic) bond motifs is 1. The van der Waals surface area contributed by atoms with Crippen LogP contribution in [0.2, 0.25) is 0 Å². The Morgan fingerprint density at radius 3 is 2.95 bits per heavy atom. The van der Waals surface area contributed by atoms with Gasteiger partial charge in [-0.1, -0.05) is 18.2 Å². The van der Waals surface area contributed by atoms with Crippen molar-refractivity contribution in [1.82, 2.24) is 9.88 Å². The second kappa shape index (κ2) is 5.26. The Bertz CT molecular complexity index is 597. The topological polar surface area (TPSA) is 42.4 Å². The van der Waals surface area contributed by atoms with Crippen LogP contribution < -0.4 is 4.74 Å². The average Bonchev–Trinajstić information content (AvgIpc) is 2.84. The first-order valence-corrected chi connectivity index (χ1v) is 6.59. The quantitative estimate of drug-likeness (QED) is 0.842. The molecular formula is C15H16N2O2. The number of carbonyl (C=O) groups excluding carboxylic acids is 1. The van der Waals surface area contributed by atoms with E-state index in [1.54, 1.807) is 0 Å². The van der Waals surface area contributed by atoms with Gasteiger partial charge in [0.05, 0.1) is 12.1 Å². The number of likely N-dealkylation sites (tertiary alicyclic amines) is 1. The summed E-state index contributed by atoms with van der Waals surface area (Å²) in [4.78, 5) is 17.7. The minimum atomic E-state index is 0.232. The summed E-state index contributed by atoms with van der Waals surface area (Å²) >= 11 is 0. The molecule has 1 aliphatic heterocycles. The third-order valence-corrected chi connectivity index (χ3v) is 3.36. The van der Waals surface area contributed by atoms with Gasteiger partial charge in [-0.05, 0) is 18.6 Å². The lowest BCUT2D eigenvalue weighted by atomic mass is 10.2. The Morgan fingerprint density at radius 1 is 1.21 bits per heavy atom. The highest BCUT2D eigenvalue weighted by Crippen LogP contribution is 2.16. The highest BCUT2D eigenvalue weighted by molar-refractivity contribution is 5.79. The fourth-order valence-corrected chi connectivity index (χ4v) is 2.33. The predicted molar refractivity (Wildman–Crippen MR) is 73.1 cm³/mol. The van der Waals surface area contributed by atoms with E-state index in [2.05, 4.69) is 4.98 Å². The fraction of sp³-hybridized carbons (Fsp3) is 0.333. The number of benzene rings is 1. The van der Waals surface area contributed by atoms with E-state index in [-0.39, 0.29) is 5.91 Å². The van der Waals surface area contributed by atoms with Gasteiger partial charge in [0.1, 0.15) is 6.61 Å². The first kappa shape index (κ1) is 12.0. The Hall–Kier alpha value is -2.10. The first-order valence-electron chi connectivity index (χ1n) is 6.59. The van der Waals surface area contributed by atoms with Gasteiger partial charge in [-0.15, -0.1) is 0 Å². The molecule has 98 valence electrons. The zero-order valence-corrected chi connectivity index (χ0v) is 10.7. The van der Waals surface area contributed by atoms with Crippen molar-refractivity contribution in [1.29, 1.82) is 0 Å². The van der Waals surface area contributed by atoms with Gasteiger partial charge in [0.25, 0.3) is 0 Å². The van der Waals surface area contributed by atoms with Crippen LogP contribution in [0.4, 0.5) is 0 Å². The van der Waals surface area contributed by atoms with E-state index >= 15 is 0 Å². The van der Waals surface area contributed by atoms with Gasteiger partial charge < -0.3 is 9.64 Å². The highest BCUT2D eigenvalue weighted by Gasteiger charge is 2.19. The van der Waals surface area contributed by atoms with E-state index < -0.39 is 0 Å². The number of ether oxygens (including phenoxy) is 1. The summed E-state index contributed by atoms with van der Waals surface area (Å²) < 4.78 is 5.62. The maximum Gasteiger partial charge on any atom is 0.222 e. The molecule has 1 aromatic carbocycles. The SMILES string of the molecule is O=C1CCCN1CCOc1ccc2ccccc2n1. The monoisotopic (exact) mass is 256 g/mol. The van der Waals surface area contributed by atoms with Gasteiger partial charge in [-0.2, -0.15) is 0 Å². The molecule has 0 spiro atoms. The third-order valence-electron chi connectivity index (χ3n) is 3.36. The summed E-state index contributed by atoms with van der Waals surface area (Å²) in [5.41, 5.74) is 0.928. The number of hydrogen-bond acceptors (Lipinski definition) is 3. The smallest absolute Gasteiger partial charge is 0.222 e. The molecule has 0 saturated carbocycles. The second-order valence-electron chi connectivity index (χ2n) is 4.67. The largest absolute Gasteiger partial charge is 0.476 e. The van der Waals surface area contributed by atoms with Gasteiger partial charge in [0, 0.05) is 24.4 Å². The van der Waals surface area contributed by atoms with Crippen LogP contribution >= 0.6 is 0 Å². The molecular weight excluding hydrogens is 240 g/mol.